The van der Waals surface area contributed by atoms with E-state index in [0.717, 1.165) is 0 Å². The molecule has 6 heteroatoms. The van der Waals surface area contributed by atoms with Gasteiger partial charge in [-0.1, -0.05) is 23.2 Å². The highest BCUT2D eigenvalue weighted by Gasteiger charge is 2.21. The first kappa shape index (κ1) is 14.3. The molecule has 0 fully saturated rings. The lowest BCUT2D eigenvalue weighted by molar-refractivity contribution is -0.145. The van der Waals surface area contributed by atoms with Crippen molar-refractivity contribution in [3.8, 4) is 0 Å². The van der Waals surface area contributed by atoms with E-state index >= 15 is 0 Å². The van der Waals surface area contributed by atoms with Crippen molar-refractivity contribution in [1.82, 2.24) is 10.4 Å². The summed E-state index contributed by atoms with van der Waals surface area (Å²) in [4.78, 5) is 22.6. The van der Waals surface area contributed by atoms with E-state index in [-0.39, 0.29) is 12.5 Å². The van der Waals surface area contributed by atoms with E-state index < -0.39 is 12.0 Å². The lowest BCUT2D eigenvalue weighted by atomic mass is 10.0. The molecule has 0 aliphatic carbocycles. The first-order valence-corrected chi connectivity index (χ1v) is 5.39. The maximum atomic E-state index is 11.3. The fraction of sp³-hybridized carbons (Fsp3) is 0.778. The Morgan fingerprint density at radius 2 is 2.00 bits per heavy atom. The van der Waals surface area contributed by atoms with Gasteiger partial charge in [0.2, 0.25) is 5.91 Å². The zero-order chi connectivity index (χ0) is 11.8. The molecular weight excluding hydrogens is 215 g/mol. The first-order chi connectivity index (χ1) is 7.01. The number of ether oxygens (including phenoxy) is 1. The highest BCUT2D eigenvalue weighted by atomic mass is 31.0. The van der Waals surface area contributed by atoms with Gasteiger partial charge in [-0.15, -0.1) is 0 Å². The quantitative estimate of drug-likeness (QED) is 0.504. The molecule has 0 aromatic carbocycles. The van der Waals surface area contributed by atoms with Crippen LogP contribution in [0, 0.1) is 5.92 Å². The number of esters is 1. The molecule has 0 saturated carbocycles. The molecule has 88 valence electrons. The molecule has 0 aromatic rings. The molecule has 0 spiro atoms. The van der Waals surface area contributed by atoms with Crippen LogP contribution < -0.4 is 10.4 Å². The van der Waals surface area contributed by atoms with E-state index in [4.69, 9.17) is 0 Å². The molecule has 0 saturated heterocycles. The molecular formula is C9H19N2O3P. The van der Waals surface area contributed by atoms with E-state index in [1.54, 1.807) is 0 Å². The Morgan fingerprint density at radius 1 is 1.40 bits per heavy atom. The molecule has 2 unspecified atom stereocenters. The summed E-state index contributed by atoms with van der Waals surface area (Å²) in [5.41, 5.74) is 0. The molecule has 0 aliphatic rings. The molecule has 15 heavy (non-hydrogen) atoms. The lowest BCUT2D eigenvalue weighted by Crippen LogP contribution is -2.44. The average Bonchev–Trinajstić information content (AvgIpc) is 2.15. The van der Waals surface area contributed by atoms with Gasteiger partial charge in [0.25, 0.3) is 0 Å². The smallest absolute Gasteiger partial charge is 0.328 e. The largest absolute Gasteiger partial charge is 0.467 e. The molecule has 0 bridgehead atoms. The summed E-state index contributed by atoms with van der Waals surface area (Å²) in [6.45, 7) is 4.13. The molecule has 5 nitrogen and oxygen atoms in total. The minimum absolute atomic E-state index is 0.163. The van der Waals surface area contributed by atoms with Crippen molar-refractivity contribution in [3.63, 3.8) is 0 Å². The zero-order valence-electron chi connectivity index (χ0n) is 9.37. The second-order valence-corrected chi connectivity index (χ2v) is 4.06. The van der Waals surface area contributed by atoms with Gasteiger partial charge in [0.15, 0.2) is 0 Å². The van der Waals surface area contributed by atoms with Crippen LogP contribution in [0.5, 0.6) is 0 Å². The summed E-state index contributed by atoms with van der Waals surface area (Å²) in [5, 5.41) is 5.25. The summed E-state index contributed by atoms with van der Waals surface area (Å²) < 4.78 is 4.61. The molecule has 2 atom stereocenters. The molecule has 0 heterocycles. The van der Waals surface area contributed by atoms with E-state index in [1.807, 2.05) is 13.8 Å². The summed E-state index contributed by atoms with van der Waals surface area (Å²) in [6.07, 6.45) is 0.579. The second-order valence-electron chi connectivity index (χ2n) is 3.65. The van der Waals surface area contributed by atoms with Crippen molar-refractivity contribution in [1.29, 1.82) is 0 Å². The summed E-state index contributed by atoms with van der Waals surface area (Å²) in [7, 11) is 3.54. The number of carbonyl (C=O) groups excluding carboxylic acids is 2. The Bertz CT molecular complexity index is 221. The topological polar surface area (TPSA) is 67.4 Å². The van der Waals surface area contributed by atoms with Crippen LogP contribution in [-0.4, -0.2) is 31.6 Å². The van der Waals surface area contributed by atoms with E-state index in [0.29, 0.717) is 12.3 Å². The van der Waals surface area contributed by atoms with Crippen LogP contribution in [0.25, 0.3) is 0 Å². The van der Waals surface area contributed by atoms with Crippen LogP contribution in [0.1, 0.15) is 20.3 Å². The molecule has 0 aromatic heterocycles. The van der Waals surface area contributed by atoms with Crippen molar-refractivity contribution in [3.05, 3.63) is 0 Å². The van der Waals surface area contributed by atoms with E-state index in [9.17, 15) is 9.59 Å². The molecule has 0 aliphatic heterocycles. The highest BCUT2D eigenvalue weighted by molar-refractivity contribution is 7.13. The van der Waals surface area contributed by atoms with Gasteiger partial charge in [-0.3, -0.25) is 9.88 Å². The lowest BCUT2D eigenvalue weighted by Gasteiger charge is -2.18. The van der Waals surface area contributed by atoms with Gasteiger partial charge in [0.05, 0.1) is 13.7 Å². The number of hydrogen-bond acceptors (Lipinski definition) is 4. The summed E-state index contributed by atoms with van der Waals surface area (Å²) in [6, 6.07) is -0.555. The Hall–Kier alpha value is -0.670. The number of amides is 1. The van der Waals surface area contributed by atoms with Crippen molar-refractivity contribution in [2.24, 2.45) is 5.92 Å². The average molecular weight is 234 g/mol. The van der Waals surface area contributed by atoms with Crippen LogP contribution in [0.15, 0.2) is 0 Å². The van der Waals surface area contributed by atoms with Gasteiger partial charge >= 0.3 is 5.97 Å². The Kier molecular flexibility index (Phi) is 7.26. The van der Waals surface area contributed by atoms with Gasteiger partial charge in [0.1, 0.15) is 6.04 Å². The molecule has 0 rings (SSSR count). The highest BCUT2D eigenvalue weighted by Crippen LogP contribution is 2.05. The van der Waals surface area contributed by atoms with Crippen molar-refractivity contribution < 1.29 is 14.3 Å². The van der Waals surface area contributed by atoms with Crippen LogP contribution in [0.4, 0.5) is 0 Å². The minimum Gasteiger partial charge on any atom is -0.467 e. The maximum Gasteiger partial charge on any atom is 0.328 e. The van der Waals surface area contributed by atoms with Crippen molar-refractivity contribution in [2.45, 2.75) is 26.3 Å². The SMILES string of the molecule is COC(=O)C(CC(C)C)NC(=O)CNP. The van der Waals surface area contributed by atoms with E-state index in [1.165, 1.54) is 7.11 Å². The number of methoxy groups -OCH3 is 1. The predicted molar refractivity (Wildman–Crippen MR) is 61.1 cm³/mol. The fourth-order valence-corrected chi connectivity index (χ4v) is 1.35. The van der Waals surface area contributed by atoms with Crippen LogP contribution in [-0.2, 0) is 14.3 Å². The summed E-state index contributed by atoms with van der Waals surface area (Å²) >= 11 is 0. The zero-order valence-corrected chi connectivity index (χ0v) is 10.5. The Morgan fingerprint density at radius 3 is 2.40 bits per heavy atom. The number of hydrogen-bond donors (Lipinski definition) is 2. The number of carbonyl (C=O) groups is 2. The maximum absolute atomic E-state index is 11.3. The molecule has 0 radical (unpaired) electrons. The Balaban J connectivity index is 4.24. The second kappa shape index (κ2) is 7.60. The van der Waals surface area contributed by atoms with Gasteiger partial charge in [0, 0.05) is 0 Å². The van der Waals surface area contributed by atoms with Crippen LogP contribution >= 0.6 is 9.39 Å². The van der Waals surface area contributed by atoms with Gasteiger partial charge in [-0.2, -0.15) is 0 Å². The number of nitrogens with one attached hydrogen (secondary N) is 2. The number of rotatable bonds is 6. The minimum atomic E-state index is -0.555. The van der Waals surface area contributed by atoms with E-state index in [2.05, 4.69) is 24.5 Å². The standard InChI is InChI=1S/C9H19N2O3P/c1-6(2)4-7(9(13)14-3)11-8(12)5-10-15/h6-7,10H,4-5,15H2,1-3H3,(H,11,12). The normalized spacial score (nSPS) is 12.3. The Labute approximate surface area is 92.6 Å². The van der Waals surface area contributed by atoms with Crippen molar-refractivity contribution in [2.75, 3.05) is 13.7 Å². The van der Waals surface area contributed by atoms with Gasteiger partial charge in [-0.25, -0.2) is 4.79 Å². The molecule has 1 amide bonds. The van der Waals surface area contributed by atoms with Gasteiger partial charge < -0.3 is 10.1 Å². The summed E-state index contributed by atoms with van der Waals surface area (Å²) in [5.74, 6) is -0.305. The van der Waals surface area contributed by atoms with Gasteiger partial charge in [-0.05, 0) is 12.3 Å². The predicted octanol–water partition coefficient (Wildman–Crippen LogP) is 0.0700. The van der Waals surface area contributed by atoms with Crippen molar-refractivity contribution >= 4 is 21.3 Å². The monoisotopic (exact) mass is 234 g/mol. The van der Waals surface area contributed by atoms with Crippen LogP contribution in [0.3, 0.4) is 0 Å². The fourth-order valence-electron chi connectivity index (χ4n) is 1.17. The third kappa shape index (κ3) is 6.42. The van der Waals surface area contributed by atoms with Crippen LogP contribution in [0.2, 0.25) is 0 Å². The third-order valence-corrected chi connectivity index (χ3v) is 1.99. The first-order valence-electron chi connectivity index (χ1n) is 4.81. The molecule has 2 N–H and O–H groups in total. The third-order valence-electron chi connectivity index (χ3n) is 1.79.